The molecule has 0 bridgehead atoms. The Morgan fingerprint density at radius 1 is 1.13 bits per heavy atom. The molecule has 1 aliphatic rings. The van der Waals surface area contributed by atoms with E-state index >= 15 is 4.39 Å². The van der Waals surface area contributed by atoms with Crippen LogP contribution in [0.2, 0.25) is 0 Å². The average Bonchev–Trinajstić information content (AvgIpc) is 3.00. The van der Waals surface area contributed by atoms with Gasteiger partial charge < -0.3 is 23.8 Å². The molecule has 0 saturated carbocycles. The number of alkyl halides is 1. The van der Waals surface area contributed by atoms with Crippen molar-refractivity contribution in [3.05, 3.63) is 33.1 Å². The molecule has 216 valence electrons. The Bertz CT molecular complexity index is 1120. The fourth-order valence-electron chi connectivity index (χ4n) is 3.54. The van der Waals surface area contributed by atoms with Gasteiger partial charge in [0.05, 0.1) is 18.8 Å². The summed E-state index contributed by atoms with van der Waals surface area (Å²) in [6.07, 6.45) is -4.86. The summed E-state index contributed by atoms with van der Waals surface area (Å²) in [6.45, 7) is 9.52. The molecule has 0 spiro atoms. The summed E-state index contributed by atoms with van der Waals surface area (Å²) in [5, 5.41) is 15.5. The van der Waals surface area contributed by atoms with E-state index in [1.165, 1.54) is 13.8 Å². The number of halogens is 1. The Morgan fingerprint density at radius 2 is 1.63 bits per heavy atom. The van der Waals surface area contributed by atoms with Gasteiger partial charge in [-0.05, 0) is 48.5 Å². The summed E-state index contributed by atoms with van der Waals surface area (Å²) in [5.41, 5.74) is -4.20. The summed E-state index contributed by atoms with van der Waals surface area (Å²) < 4.78 is 51.1. The number of aromatic nitrogens is 2. The maximum Gasteiger partial charge on any atom is 0.342 e. The number of aliphatic hydroxyl groups is 1. The lowest BCUT2D eigenvalue weighted by Gasteiger charge is -2.28. The second-order valence-electron chi connectivity index (χ2n) is 9.66. The Balaban J connectivity index is 2.25. The van der Waals surface area contributed by atoms with Gasteiger partial charge >= 0.3 is 25.3 Å². The van der Waals surface area contributed by atoms with Gasteiger partial charge in [0.15, 0.2) is 11.9 Å². The van der Waals surface area contributed by atoms with Gasteiger partial charge in [-0.2, -0.15) is 0 Å². The molecule has 1 saturated heterocycles. The summed E-state index contributed by atoms with van der Waals surface area (Å²) in [6, 6.07) is -1.36. The minimum absolute atomic E-state index is 0.461. The van der Waals surface area contributed by atoms with Crippen molar-refractivity contribution < 1.29 is 42.4 Å². The number of rotatable bonds is 12. The normalized spacial score (nSPS) is 26.7. The van der Waals surface area contributed by atoms with Gasteiger partial charge in [-0.1, -0.05) is 0 Å². The predicted octanol–water partition coefficient (Wildman–Crippen LogP) is 0.507. The third-order valence-electron chi connectivity index (χ3n) is 5.38. The highest BCUT2D eigenvalue weighted by atomic mass is 31.2. The van der Waals surface area contributed by atoms with Crippen LogP contribution < -0.4 is 21.4 Å². The lowest BCUT2D eigenvalue weighted by Crippen LogP contribution is -2.45. The van der Waals surface area contributed by atoms with E-state index in [2.05, 4.69) is 10.2 Å². The molecular weight excluding hydrogens is 530 g/mol. The Hall–Kier alpha value is -2.42. The van der Waals surface area contributed by atoms with E-state index in [-0.39, 0.29) is 0 Å². The summed E-state index contributed by atoms with van der Waals surface area (Å²) >= 11 is 0. The number of aliphatic hydroxyl groups excluding tert-OH is 1. The van der Waals surface area contributed by atoms with Crippen LogP contribution in [0.25, 0.3) is 0 Å². The molecule has 14 nitrogen and oxygen atoms in total. The largest absolute Gasteiger partial charge is 0.462 e. The molecule has 38 heavy (non-hydrogen) atoms. The molecule has 1 aromatic rings. The van der Waals surface area contributed by atoms with E-state index in [1.807, 2.05) is 4.98 Å². The van der Waals surface area contributed by atoms with Gasteiger partial charge in [0.25, 0.3) is 5.56 Å². The van der Waals surface area contributed by atoms with Crippen LogP contribution in [0.4, 0.5) is 4.39 Å². The number of H-pyrrole nitrogens is 1. The zero-order chi connectivity index (χ0) is 29.0. The number of aromatic amines is 1. The molecule has 6 unspecified atom stereocenters. The molecule has 1 aromatic heterocycles. The molecule has 0 aromatic carbocycles. The molecule has 6 atom stereocenters. The maximum atomic E-state index is 15.5. The molecule has 2 heterocycles. The van der Waals surface area contributed by atoms with Crippen LogP contribution in [0.1, 0.15) is 54.7 Å². The number of ether oxygens (including phenoxy) is 3. The zero-order valence-electron chi connectivity index (χ0n) is 22.3. The van der Waals surface area contributed by atoms with E-state index in [1.54, 1.807) is 27.7 Å². The molecule has 0 radical (unpaired) electrons. The monoisotopic (exact) mass is 566 g/mol. The second-order valence-corrected chi connectivity index (χ2v) is 11.5. The van der Waals surface area contributed by atoms with E-state index in [0.717, 1.165) is 23.8 Å². The van der Waals surface area contributed by atoms with Crippen LogP contribution in [0, 0.1) is 0 Å². The highest BCUT2D eigenvalue weighted by molar-refractivity contribution is 7.54. The molecule has 1 aliphatic heterocycles. The minimum Gasteiger partial charge on any atom is -0.462 e. The van der Waals surface area contributed by atoms with Gasteiger partial charge in [-0.3, -0.25) is 28.5 Å². The van der Waals surface area contributed by atoms with Crippen LogP contribution in [0.3, 0.4) is 0 Å². The standard InChI is InChI=1S/C22H36FN4O10P/c1-11(2)35-18(30)13(5)25-38(33,26-14(6)19(31)36-12(3)4)34-10-15-17(29)22(7,23)20(37-15)27-9-8-16(28)24-21(27)32/h8-9,11-15,17,20,29H,10H2,1-7H3,(H,24,28,32)(H2,25,26,33). The Morgan fingerprint density at radius 3 is 2.08 bits per heavy atom. The molecule has 4 N–H and O–H groups in total. The van der Waals surface area contributed by atoms with Gasteiger partial charge in [0, 0.05) is 12.3 Å². The van der Waals surface area contributed by atoms with Crippen LogP contribution in [-0.2, 0) is 32.9 Å². The van der Waals surface area contributed by atoms with E-state index in [4.69, 9.17) is 18.7 Å². The first-order chi connectivity index (χ1) is 17.5. The number of hydrogen-bond acceptors (Lipinski definition) is 10. The first-order valence-corrected chi connectivity index (χ1v) is 13.6. The molecule has 1 fully saturated rings. The van der Waals surface area contributed by atoms with E-state index in [0.29, 0.717) is 0 Å². The number of carbonyl (C=O) groups excluding carboxylic acids is 2. The first-order valence-electron chi connectivity index (χ1n) is 12.0. The number of carbonyl (C=O) groups is 2. The topological polar surface area (TPSA) is 187 Å². The van der Waals surface area contributed by atoms with Crippen molar-refractivity contribution in [2.24, 2.45) is 0 Å². The number of nitrogens with one attached hydrogen (secondary N) is 3. The van der Waals surface area contributed by atoms with Gasteiger partial charge in [0.2, 0.25) is 0 Å². The van der Waals surface area contributed by atoms with Crippen LogP contribution in [-0.4, -0.2) is 75.4 Å². The number of nitrogens with zero attached hydrogens (tertiary/aromatic N) is 1. The van der Waals surface area contributed by atoms with Gasteiger partial charge in [-0.25, -0.2) is 19.4 Å². The summed E-state index contributed by atoms with van der Waals surface area (Å²) in [5.74, 6) is -1.51. The fraction of sp³-hybridized carbons (Fsp3) is 0.727. The lowest BCUT2D eigenvalue weighted by atomic mass is 9.98. The maximum absolute atomic E-state index is 15.5. The Labute approximate surface area is 218 Å². The Kier molecular flexibility index (Phi) is 10.6. The molecular formula is C22H36FN4O10P. The third kappa shape index (κ3) is 8.04. The molecule has 16 heteroatoms. The summed E-state index contributed by atoms with van der Waals surface area (Å²) in [4.78, 5) is 50.1. The molecule has 0 aliphatic carbocycles. The minimum atomic E-state index is -4.29. The fourth-order valence-corrected chi connectivity index (χ4v) is 5.35. The molecule has 0 amide bonds. The van der Waals surface area contributed by atoms with Crippen molar-refractivity contribution in [3.63, 3.8) is 0 Å². The van der Waals surface area contributed by atoms with Gasteiger partial charge in [0.1, 0.15) is 24.3 Å². The quantitative estimate of drug-likeness (QED) is 0.203. The smallest absolute Gasteiger partial charge is 0.342 e. The van der Waals surface area contributed by atoms with Crippen molar-refractivity contribution in [2.45, 2.75) is 96.9 Å². The predicted molar refractivity (Wildman–Crippen MR) is 132 cm³/mol. The first kappa shape index (κ1) is 31.8. The summed E-state index contributed by atoms with van der Waals surface area (Å²) in [7, 11) is -4.29. The van der Waals surface area contributed by atoms with Crippen molar-refractivity contribution in [1.29, 1.82) is 0 Å². The van der Waals surface area contributed by atoms with Crippen molar-refractivity contribution in [3.8, 4) is 0 Å². The SMILES string of the molecule is CC(C)OC(=O)C(C)NP(=O)(NC(C)C(=O)OC(C)C)OCC1OC(n2ccc(=O)[nH]c2=O)C(C)(F)C1O. The van der Waals surface area contributed by atoms with Gasteiger partial charge in [-0.15, -0.1) is 0 Å². The van der Waals surface area contributed by atoms with E-state index in [9.17, 15) is 28.8 Å². The van der Waals surface area contributed by atoms with Crippen molar-refractivity contribution in [1.82, 2.24) is 19.7 Å². The highest BCUT2D eigenvalue weighted by Gasteiger charge is 2.55. The third-order valence-corrected chi connectivity index (χ3v) is 7.35. The lowest BCUT2D eigenvalue weighted by molar-refractivity contribution is -0.149. The second kappa shape index (κ2) is 12.6. The molecule has 2 rings (SSSR count). The van der Waals surface area contributed by atoms with Crippen molar-refractivity contribution in [2.75, 3.05) is 6.61 Å². The van der Waals surface area contributed by atoms with Crippen LogP contribution >= 0.6 is 7.67 Å². The van der Waals surface area contributed by atoms with Crippen LogP contribution in [0.5, 0.6) is 0 Å². The highest BCUT2D eigenvalue weighted by Crippen LogP contribution is 2.44. The number of hydrogen-bond donors (Lipinski definition) is 4. The van der Waals surface area contributed by atoms with Crippen molar-refractivity contribution >= 4 is 19.6 Å². The number of esters is 2. The van der Waals surface area contributed by atoms with E-state index < -0.39 is 85.9 Å². The average molecular weight is 567 g/mol. The zero-order valence-corrected chi connectivity index (χ0v) is 23.2. The van der Waals surface area contributed by atoms with Crippen LogP contribution in [0.15, 0.2) is 21.9 Å².